The van der Waals surface area contributed by atoms with Crippen molar-refractivity contribution in [2.24, 2.45) is 0 Å². The fraction of sp³-hybridized carbons (Fsp3) is 0.231. The summed E-state index contributed by atoms with van der Waals surface area (Å²) in [6.45, 7) is 1.98. The number of aryl methyl sites for hydroxylation is 1. The van der Waals surface area contributed by atoms with Crippen molar-refractivity contribution in [2.45, 2.75) is 17.8 Å². The van der Waals surface area contributed by atoms with Crippen molar-refractivity contribution in [2.75, 3.05) is 5.75 Å². The highest BCUT2D eigenvalue weighted by Gasteiger charge is 2.09. The Morgan fingerprint density at radius 1 is 1.38 bits per heavy atom. The van der Waals surface area contributed by atoms with Gasteiger partial charge >= 0.3 is 0 Å². The van der Waals surface area contributed by atoms with Gasteiger partial charge in [0.15, 0.2) is 10.2 Å². The number of carbonyl (C=O) groups excluding carboxylic acids is 1. The van der Waals surface area contributed by atoms with E-state index in [1.807, 2.05) is 24.3 Å². The van der Waals surface area contributed by atoms with E-state index in [2.05, 4.69) is 20.4 Å². The zero-order valence-corrected chi connectivity index (χ0v) is 12.8. The molecule has 0 aliphatic carbocycles. The van der Waals surface area contributed by atoms with Gasteiger partial charge in [-0.3, -0.25) is 4.79 Å². The third kappa shape index (κ3) is 3.59. The van der Waals surface area contributed by atoms with E-state index in [4.69, 9.17) is 4.52 Å². The molecule has 0 unspecified atom stereocenters. The first kappa shape index (κ1) is 14.0. The van der Waals surface area contributed by atoms with E-state index in [1.165, 1.54) is 11.8 Å². The van der Waals surface area contributed by atoms with Crippen LogP contribution in [0, 0.1) is 6.92 Å². The molecule has 0 spiro atoms. The van der Waals surface area contributed by atoms with E-state index < -0.39 is 0 Å². The Morgan fingerprint density at radius 2 is 2.24 bits per heavy atom. The fourth-order valence-electron chi connectivity index (χ4n) is 1.68. The highest BCUT2D eigenvalue weighted by Crippen LogP contribution is 2.28. The number of amides is 1. The Hall–Kier alpha value is -1.93. The van der Waals surface area contributed by atoms with Crippen molar-refractivity contribution in [3.05, 3.63) is 36.0 Å². The van der Waals surface area contributed by atoms with Crippen molar-refractivity contribution in [3.8, 4) is 0 Å². The quantitative estimate of drug-likeness (QED) is 0.727. The van der Waals surface area contributed by atoms with Gasteiger partial charge in [0.1, 0.15) is 0 Å². The maximum atomic E-state index is 11.8. The van der Waals surface area contributed by atoms with Crippen molar-refractivity contribution in [1.29, 1.82) is 0 Å². The van der Waals surface area contributed by atoms with Crippen LogP contribution in [0.5, 0.6) is 0 Å². The zero-order valence-electron chi connectivity index (χ0n) is 11.2. The average Bonchev–Trinajstić information content (AvgIpc) is 3.08. The molecule has 8 heteroatoms. The van der Waals surface area contributed by atoms with Crippen LogP contribution >= 0.6 is 23.1 Å². The molecular weight excluding hydrogens is 308 g/mol. The number of rotatable bonds is 5. The Balaban J connectivity index is 1.51. The number of hydrogen-bond donors (Lipinski definition) is 1. The van der Waals surface area contributed by atoms with Crippen LogP contribution in [0.3, 0.4) is 0 Å². The first-order valence-corrected chi connectivity index (χ1v) is 8.05. The molecule has 108 valence electrons. The molecule has 0 bridgehead atoms. The van der Waals surface area contributed by atoms with Crippen LogP contribution in [-0.4, -0.2) is 26.8 Å². The van der Waals surface area contributed by atoms with Gasteiger partial charge in [-0.1, -0.05) is 29.1 Å². The first-order valence-electron chi connectivity index (χ1n) is 6.25. The minimum atomic E-state index is -0.0879. The summed E-state index contributed by atoms with van der Waals surface area (Å²) in [5.41, 5.74) is 0.965. The SMILES string of the molecule is Cc1noc(CNC(=O)CSc2nc3ccccc3s2)n1. The predicted octanol–water partition coefficient (Wildman–Crippen LogP) is 2.40. The summed E-state index contributed by atoms with van der Waals surface area (Å²) in [6, 6.07) is 7.92. The van der Waals surface area contributed by atoms with E-state index >= 15 is 0 Å². The summed E-state index contributed by atoms with van der Waals surface area (Å²) < 4.78 is 6.94. The number of hydrogen-bond acceptors (Lipinski definition) is 7. The largest absolute Gasteiger partial charge is 0.346 e. The number of thiazole rings is 1. The molecule has 0 aliphatic rings. The monoisotopic (exact) mass is 320 g/mol. The highest BCUT2D eigenvalue weighted by atomic mass is 32.2. The summed E-state index contributed by atoms with van der Waals surface area (Å²) in [4.78, 5) is 20.3. The minimum absolute atomic E-state index is 0.0879. The Labute approximate surface area is 129 Å². The van der Waals surface area contributed by atoms with Gasteiger partial charge in [0.05, 0.1) is 22.5 Å². The highest BCUT2D eigenvalue weighted by molar-refractivity contribution is 8.01. The Bertz CT molecular complexity index is 735. The molecule has 0 saturated carbocycles. The van der Waals surface area contributed by atoms with Crippen LogP contribution < -0.4 is 5.32 Å². The number of para-hydroxylation sites is 1. The summed E-state index contributed by atoms with van der Waals surface area (Å²) in [5, 5.41) is 6.40. The zero-order chi connectivity index (χ0) is 14.7. The van der Waals surface area contributed by atoms with E-state index in [-0.39, 0.29) is 12.5 Å². The van der Waals surface area contributed by atoms with Gasteiger partial charge < -0.3 is 9.84 Å². The second kappa shape index (κ2) is 6.23. The molecule has 21 heavy (non-hydrogen) atoms. The Kier molecular flexibility index (Phi) is 4.16. The van der Waals surface area contributed by atoms with Crippen LogP contribution in [0.4, 0.5) is 0 Å². The topological polar surface area (TPSA) is 80.9 Å². The molecule has 1 aromatic carbocycles. The second-order valence-electron chi connectivity index (χ2n) is 4.25. The molecule has 6 nitrogen and oxygen atoms in total. The number of benzene rings is 1. The van der Waals surface area contributed by atoms with E-state index in [1.54, 1.807) is 18.3 Å². The molecule has 1 N–H and O–H groups in total. The first-order chi connectivity index (χ1) is 10.2. The lowest BCUT2D eigenvalue weighted by atomic mass is 10.3. The van der Waals surface area contributed by atoms with Gasteiger partial charge in [0, 0.05) is 0 Å². The number of aromatic nitrogens is 3. The van der Waals surface area contributed by atoms with Gasteiger partial charge in [-0.15, -0.1) is 11.3 Å². The second-order valence-corrected chi connectivity index (χ2v) is 6.50. The molecule has 2 heterocycles. The number of carbonyl (C=O) groups is 1. The van der Waals surface area contributed by atoms with Crippen LogP contribution in [0.15, 0.2) is 33.1 Å². The smallest absolute Gasteiger partial charge is 0.246 e. The lowest BCUT2D eigenvalue weighted by Gasteiger charge is -2.00. The summed E-state index contributed by atoms with van der Waals surface area (Å²) in [7, 11) is 0. The molecule has 0 aliphatic heterocycles. The van der Waals surface area contributed by atoms with Gasteiger partial charge in [-0.25, -0.2) is 4.98 Å². The third-order valence-corrected chi connectivity index (χ3v) is 4.79. The molecule has 0 radical (unpaired) electrons. The maximum Gasteiger partial charge on any atom is 0.246 e. The minimum Gasteiger partial charge on any atom is -0.346 e. The lowest BCUT2D eigenvalue weighted by molar-refractivity contribution is -0.118. The molecule has 3 rings (SSSR count). The standard InChI is InChI=1S/C13H12N4O2S2/c1-8-15-12(19-17-8)6-14-11(18)7-20-13-16-9-4-2-3-5-10(9)21-13/h2-5H,6-7H2,1H3,(H,14,18). The molecule has 0 atom stereocenters. The Morgan fingerprint density at radius 3 is 3.00 bits per heavy atom. The third-order valence-electron chi connectivity index (χ3n) is 2.61. The van der Waals surface area contributed by atoms with E-state index in [0.717, 1.165) is 14.6 Å². The van der Waals surface area contributed by atoms with Crippen LogP contribution in [-0.2, 0) is 11.3 Å². The molecule has 3 aromatic rings. The van der Waals surface area contributed by atoms with Crippen LogP contribution in [0.2, 0.25) is 0 Å². The summed E-state index contributed by atoms with van der Waals surface area (Å²) in [6.07, 6.45) is 0. The number of fused-ring (bicyclic) bond motifs is 1. The maximum absolute atomic E-state index is 11.8. The van der Waals surface area contributed by atoms with Crippen molar-refractivity contribution < 1.29 is 9.32 Å². The van der Waals surface area contributed by atoms with E-state index in [0.29, 0.717) is 17.5 Å². The van der Waals surface area contributed by atoms with Gasteiger partial charge in [-0.2, -0.15) is 4.98 Å². The molecule has 2 aromatic heterocycles. The number of thioether (sulfide) groups is 1. The van der Waals surface area contributed by atoms with Crippen molar-refractivity contribution in [3.63, 3.8) is 0 Å². The van der Waals surface area contributed by atoms with Crippen LogP contribution in [0.25, 0.3) is 10.2 Å². The lowest BCUT2D eigenvalue weighted by Crippen LogP contribution is -2.24. The van der Waals surface area contributed by atoms with Gasteiger partial charge in [0.25, 0.3) is 0 Å². The molecule has 0 fully saturated rings. The predicted molar refractivity (Wildman–Crippen MR) is 81.2 cm³/mol. The normalized spacial score (nSPS) is 10.9. The number of nitrogens with zero attached hydrogens (tertiary/aromatic N) is 3. The van der Waals surface area contributed by atoms with Crippen LogP contribution in [0.1, 0.15) is 11.7 Å². The average molecular weight is 320 g/mol. The molecule has 1 amide bonds. The van der Waals surface area contributed by atoms with Gasteiger partial charge in [0.2, 0.25) is 11.8 Å². The molecule has 0 saturated heterocycles. The number of nitrogens with one attached hydrogen (secondary N) is 1. The summed E-state index contributed by atoms with van der Waals surface area (Å²) >= 11 is 3.01. The molecular formula is C13H12N4O2S2. The fourth-order valence-corrected chi connectivity index (χ4v) is 3.58. The van der Waals surface area contributed by atoms with Crippen molar-refractivity contribution >= 4 is 39.2 Å². The summed E-state index contributed by atoms with van der Waals surface area (Å²) in [5.74, 6) is 1.19. The van der Waals surface area contributed by atoms with Gasteiger partial charge in [-0.05, 0) is 19.1 Å². The van der Waals surface area contributed by atoms with E-state index in [9.17, 15) is 4.79 Å². The van der Waals surface area contributed by atoms with Crippen molar-refractivity contribution in [1.82, 2.24) is 20.4 Å².